The number of nitrogens with zero attached hydrogens (tertiary/aromatic N) is 3. The van der Waals surface area contributed by atoms with E-state index in [9.17, 15) is 9.18 Å². The molecule has 0 bridgehead atoms. The lowest BCUT2D eigenvalue weighted by Gasteiger charge is -2.05. The Hall–Kier alpha value is -3.68. The minimum absolute atomic E-state index is 0.139. The number of hydrogen-bond donors (Lipinski definition) is 1. The zero-order valence-electron chi connectivity index (χ0n) is 17.8. The van der Waals surface area contributed by atoms with Gasteiger partial charge in [0.15, 0.2) is 6.61 Å². The molecule has 4 aromatic rings. The maximum atomic E-state index is 14.3. The quantitative estimate of drug-likeness (QED) is 0.256. The van der Waals surface area contributed by atoms with Gasteiger partial charge in [-0.25, -0.2) is 9.82 Å². The molecular formula is C25H19Cl2FN4O2. The normalized spacial score (nSPS) is 11.0. The first-order valence-electron chi connectivity index (χ1n) is 10.3. The van der Waals surface area contributed by atoms with Crippen LogP contribution in [-0.4, -0.2) is 28.5 Å². The predicted molar refractivity (Wildman–Crippen MR) is 131 cm³/mol. The fourth-order valence-corrected chi connectivity index (χ4v) is 3.51. The molecule has 0 atom stereocenters. The molecule has 172 valence electrons. The van der Waals surface area contributed by atoms with Crippen LogP contribution in [-0.2, 0) is 11.3 Å². The molecule has 34 heavy (non-hydrogen) atoms. The highest BCUT2D eigenvalue weighted by Crippen LogP contribution is 2.24. The molecule has 0 saturated heterocycles. The number of carbonyl (C=O) groups excluding carboxylic acids is 1. The standard InChI is InChI=1S/C25H19Cl2FN4O2/c26-19-9-11-20(12-10-19)34-16-24(33)30-29-13-18-14-32(15-21-22(27)7-4-8-23(21)28)31-25(18)17-5-2-1-3-6-17/h1-14H,15-16H2,(H,30,33). The van der Waals surface area contributed by atoms with E-state index in [4.69, 9.17) is 27.9 Å². The van der Waals surface area contributed by atoms with Gasteiger partial charge < -0.3 is 4.74 Å². The highest BCUT2D eigenvalue weighted by Gasteiger charge is 2.13. The molecule has 0 aliphatic rings. The minimum Gasteiger partial charge on any atom is -0.484 e. The average molecular weight is 497 g/mol. The maximum absolute atomic E-state index is 14.3. The first-order chi connectivity index (χ1) is 16.5. The summed E-state index contributed by atoms with van der Waals surface area (Å²) in [5.74, 6) is -0.326. The first-order valence-corrected chi connectivity index (χ1v) is 11.0. The number of amides is 1. The van der Waals surface area contributed by atoms with Crippen molar-refractivity contribution in [3.8, 4) is 17.0 Å². The van der Waals surface area contributed by atoms with Crippen LogP contribution in [0.4, 0.5) is 4.39 Å². The second-order valence-electron chi connectivity index (χ2n) is 7.23. The monoisotopic (exact) mass is 496 g/mol. The van der Waals surface area contributed by atoms with Gasteiger partial charge in [0.2, 0.25) is 0 Å². The summed E-state index contributed by atoms with van der Waals surface area (Å²) >= 11 is 12.0. The predicted octanol–water partition coefficient (Wildman–Crippen LogP) is 5.57. The van der Waals surface area contributed by atoms with Crippen LogP contribution >= 0.6 is 23.2 Å². The Bertz CT molecular complexity index is 1290. The Balaban J connectivity index is 1.48. The summed E-state index contributed by atoms with van der Waals surface area (Å²) in [6.07, 6.45) is 3.19. The molecule has 1 N–H and O–H groups in total. The van der Waals surface area contributed by atoms with Gasteiger partial charge in [-0.05, 0) is 36.4 Å². The molecule has 4 rings (SSSR count). The van der Waals surface area contributed by atoms with Crippen molar-refractivity contribution in [2.45, 2.75) is 6.54 Å². The van der Waals surface area contributed by atoms with Crippen LogP contribution in [0.5, 0.6) is 5.75 Å². The number of nitrogens with one attached hydrogen (secondary N) is 1. The molecule has 1 heterocycles. The van der Waals surface area contributed by atoms with Crippen LogP contribution < -0.4 is 10.2 Å². The van der Waals surface area contributed by atoms with Crippen molar-refractivity contribution in [1.82, 2.24) is 15.2 Å². The molecule has 0 fully saturated rings. The Morgan fingerprint density at radius 3 is 2.56 bits per heavy atom. The summed E-state index contributed by atoms with van der Waals surface area (Å²) in [6, 6.07) is 20.7. The van der Waals surface area contributed by atoms with Gasteiger partial charge in [0.25, 0.3) is 5.91 Å². The van der Waals surface area contributed by atoms with Gasteiger partial charge >= 0.3 is 0 Å². The second kappa shape index (κ2) is 11.0. The fourth-order valence-electron chi connectivity index (χ4n) is 3.16. The SMILES string of the molecule is O=C(COc1ccc(Cl)cc1)NN=Cc1cn(Cc2c(F)cccc2Cl)nc1-c1ccccc1. The zero-order chi connectivity index (χ0) is 23.9. The van der Waals surface area contributed by atoms with E-state index in [1.165, 1.54) is 12.3 Å². The number of ether oxygens (including phenoxy) is 1. The summed E-state index contributed by atoms with van der Waals surface area (Å²) in [6.45, 7) is -0.0734. The average Bonchev–Trinajstić information content (AvgIpc) is 3.24. The van der Waals surface area contributed by atoms with Gasteiger partial charge in [-0.3, -0.25) is 9.48 Å². The van der Waals surface area contributed by atoms with Gasteiger partial charge in [-0.15, -0.1) is 0 Å². The summed E-state index contributed by atoms with van der Waals surface area (Å²) < 4.78 is 21.2. The van der Waals surface area contributed by atoms with E-state index < -0.39 is 11.7 Å². The molecule has 0 aliphatic carbocycles. The van der Waals surface area contributed by atoms with Gasteiger partial charge in [-0.1, -0.05) is 59.6 Å². The topological polar surface area (TPSA) is 68.5 Å². The summed E-state index contributed by atoms with van der Waals surface area (Å²) in [4.78, 5) is 12.1. The lowest BCUT2D eigenvalue weighted by atomic mass is 10.1. The Labute approximate surface area is 205 Å². The molecule has 1 aromatic heterocycles. The van der Waals surface area contributed by atoms with E-state index >= 15 is 0 Å². The lowest BCUT2D eigenvalue weighted by Crippen LogP contribution is -2.24. The van der Waals surface area contributed by atoms with E-state index in [1.54, 1.807) is 47.3 Å². The van der Waals surface area contributed by atoms with E-state index in [1.807, 2.05) is 30.3 Å². The van der Waals surface area contributed by atoms with Gasteiger partial charge in [-0.2, -0.15) is 10.2 Å². The van der Waals surface area contributed by atoms with Crippen molar-refractivity contribution in [3.05, 3.63) is 106 Å². The molecular weight excluding hydrogens is 478 g/mol. The molecule has 0 spiro atoms. The highest BCUT2D eigenvalue weighted by molar-refractivity contribution is 6.31. The lowest BCUT2D eigenvalue weighted by molar-refractivity contribution is -0.123. The van der Waals surface area contributed by atoms with Crippen molar-refractivity contribution in [2.24, 2.45) is 5.10 Å². The van der Waals surface area contributed by atoms with Crippen molar-refractivity contribution in [3.63, 3.8) is 0 Å². The van der Waals surface area contributed by atoms with Gasteiger partial charge in [0, 0.05) is 32.9 Å². The molecule has 3 aromatic carbocycles. The van der Waals surface area contributed by atoms with Gasteiger partial charge in [0.1, 0.15) is 17.3 Å². The van der Waals surface area contributed by atoms with Gasteiger partial charge in [0.05, 0.1) is 12.8 Å². The summed E-state index contributed by atoms with van der Waals surface area (Å²) in [5, 5.41) is 9.52. The van der Waals surface area contributed by atoms with E-state index in [-0.39, 0.29) is 13.2 Å². The smallest absolute Gasteiger partial charge is 0.277 e. The zero-order valence-corrected chi connectivity index (χ0v) is 19.3. The van der Waals surface area contributed by atoms with E-state index in [0.717, 1.165) is 5.56 Å². The summed E-state index contributed by atoms with van der Waals surface area (Å²) in [7, 11) is 0. The van der Waals surface area contributed by atoms with Crippen LogP contribution in [0.1, 0.15) is 11.1 Å². The van der Waals surface area contributed by atoms with Crippen LogP contribution in [0.3, 0.4) is 0 Å². The number of hydrazone groups is 1. The van der Waals surface area contributed by atoms with Crippen LogP contribution in [0.15, 0.2) is 84.1 Å². The number of hydrogen-bond acceptors (Lipinski definition) is 4. The number of benzene rings is 3. The van der Waals surface area contributed by atoms with Crippen LogP contribution in [0.2, 0.25) is 10.0 Å². The third kappa shape index (κ3) is 6.01. The van der Waals surface area contributed by atoms with Crippen molar-refractivity contribution in [1.29, 1.82) is 0 Å². The molecule has 0 unspecified atom stereocenters. The molecule has 1 amide bonds. The number of rotatable bonds is 8. The molecule has 9 heteroatoms. The summed E-state index contributed by atoms with van der Waals surface area (Å²) in [5.41, 5.74) is 4.88. The third-order valence-corrected chi connectivity index (χ3v) is 5.40. The molecule has 0 saturated carbocycles. The number of aromatic nitrogens is 2. The molecule has 6 nitrogen and oxygen atoms in total. The Kier molecular flexibility index (Phi) is 7.57. The van der Waals surface area contributed by atoms with Crippen molar-refractivity contribution < 1.29 is 13.9 Å². The maximum Gasteiger partial charge on any atom is 0.277 e. The second-order valence-corrected chi connectivity index (χ2v) is 8.08. The van der Waals surface area contributed by atoms with Crippen LogP contribution in [0, 0.1) is 5.82 Å². The Morgan fingerprint density at radius 1 is 1.06 bits per heavy atom. The third-order valence-electron chi connectivity index (χ3n) is 4.80. The Morgan fingerprint density at radius 2 is 1.82 bits per heavy atom. The largest absolute Gasteiger partial charge is 0.484 e. The fraction of sp³-hybridized carbons (Fsp3) is 0.0800. The molecule has 0 radical (unpaired) electrons. The first kappa shape index (κ1) is 23.5. The van der Waals surface area contributed by atoms with Crippen molar-refractivity contribution >= 4 is 35.3 Å². The minimum atomic E-state index is -0.432. The highest BCUT2D eigenvalue weighted by atomic mass is 35.5. The number of carbonyl (C=O) groups is 1. The van der Waals surface area contributed by atoms with Crippen LogP contribution in [0.25, 0.3) is 11.3 Å². The van der Waals surface area contributed by atoms with Crippen molar-refractivity contribution in [2.75, 3.05) is 6.61 Å². The number of halogens is 3. The molecule has 0 aliphatic heterocycles. The van der Waals surface area contributed by atoms with E-state index in [0.29, 0.717) is 32.6 Å². The van der Waals surface area contributed by atoms with E-state index in [2.05, 4.69) is 15.6 Å².